The molecule has 0 aliphatic rings. The summed E-state index contributed by atoms with van der Waals surface area (Å²) >= 11 is 0. The Balaban J connectivity index is 2.30. The lowest BCUT2D eigenvalue weighted by Gasteiger charge is -2.10. The first kappa shape index (κ1) is 12.6. The molecule has 1 aromatic rings. The van der Waals surface area contributed by atoms with Gasteiger partial charge in [0.1, 0.15) is 11.8 Å². The van der Waals surface area contributed by atoms with Crippen LogP contribution in [-0.4, -0.2) is 37.1 Å². The Morgan fingerprint density at radius 1 is 1.50 bits per heavy atom. The Bertz CT molecular complexity index is 354. The van der Waals surface area contributed by atoms with Crippen LogP contribution < -0.4 is 5.32 Å². The maximum absolute atomic E-state index is 8.85. The maximum atomic E-state index is 8.85. The number of hydrogen-bond acceptors (Lipinski definition) is 4. The Morgan fingerprint density at radius 2 is 2.31 bits per heavy atom. The molecule has 1 heterocycles. The van der Waals surface area contributed by atoms with Gasteiger partial charge in [-0.2, -0.15) is 5.26 Å². The van der Waals surface area contributed by atoms with Crippen molar-refractivity contribution in [2.45, 2.75) is 13.0 Å². The van der Waals surface area contributed by atoms with Crippen LogP contribution in [0.3, 0.4) is 0 Å². The average molecular weight is 218 g/mol. The number of nitrogens with zero attached hydrogens (tertiary/aromatic N) is 3. The summed E-state index contributed by atoms with van der Waals surface area (Å²) in [6.07, 6.45) is 2.75. The van der Waals surface area contributed by atoms with E-state index in [0.717, 1.165) is 25.1 Å². The molecule has 0 fully saturated rings. The molecule has 0 aliphatic carbocycles. The standard InChI is InChI=1S/C12H18N4/c1-16(2)8-4-6-14-10-11-5-3-7-15-12(11)9-13/h3,5,7,14H,4,6,8,10H2,1-2H3. The first-order valence-electron chi connectivity index (χ1n) is 5.43. The molecule has 0 spiro atoms. The second-order valence-electron chi connectivity index (χ2n) is 3.96. The van der Waals surface area contributed by atoms with Crippen molar-refractivity contribution in [1.29, 1.82) is 5.26 Å². The molecule has 1 N–H and O–H groups in total. The first-order valence-corrected chi connectivity index (χ1v) is 5.43. The number of rotatable bonds is 6. The van der Waals surface area contributed by atoms with Gasteiger partial charge in [0.25, 0.3) is 0 Å². The number of pyridine rings is 1. The zero-order valence-electron chi connectivity index (χ0n) is 9.90. The average Bonchev–Trinajstić information content (AvgIpc) is 2.29. The van der Waals surface area contributed by atoms with Gasteiger partial charge >= 0.3 is 0 Å². The number of hydrogen-bond donors (Lipinski definition) is 1. The Kier molecular flexibility index (Phi) is 5.48. The molecule has 0 bridgehead atoms. The van der Waals surface area contributed by atoms with Crippen LogP contribution in [-0.2, 0) is 6.54 Å². The third kappa shape index (κ3) is 4.39. The molecule has 16 heavy (non-hydrogen) atoms. The second-order valence-corrected chi connectivity index (χ2v) is 3.96. The minimum atomic E-state index is 0.516. The quantitative estimate of drug-likeness (QED) is 0.724. The van der Waals surface area contributed by atoms with Crippen LogP contribution in [0.2, 0.25) is 0 Å². The third-order valence-electron chi connectivity index (χ3n) is 2.27. The molecule has 4 nitrogen and oxygen atoms in total. The van der Waals surface area contributed by atoms with Gasteiger partial charge in [-0.25, -0.2) is 4.98 Å². The third-order valence-corrected chi connectivity index (χ3v) is 2.27. The summed E-state index contributed by atoms with van der Waals surface area (Å²) in [5.74, 6) is 0. The van der Waals surface area contributed by atoms with Gasteiger partial charge in [-0.3, -0.25) is 0 Å². The van der Waals surface area contributed by atoms with Gasteiger partial charge in [-0.1, -0.05) is 6.07 Å². The molecule has 0 saturated carbocycles. The molecule has 1 rings (SSSR count). The predicted molar refractivity (Wildman–Crippen MR) is 63.8 cm³/mol. The van der Waals surface area contributed by atoms with Crippen molar-refractivity contribution < 1.29 is 0 Å². The van der Waals surface area contributed by atoms with Gasteiger partial charge in [-0.15, -0.1) is 0 Å². The van der Waals surface area contributed by atoms with Crippen LogP contribution >= 0.6 is 0 Å². The SMILES string of the molecule is CN(C)CCCNCc1cccnc1C#N. The lowest BCUT2D eigenvalue weighted by Crippen LogP contribution is -2.21. The number of aromatic nitrogens is 1. The molecule has 1 aromatic heterocycles. The first-order chi connectivity index (χ1) is 7.74. The smallest absolute Gasteiger partial charge is 0.144 e. The molecular weight excluding hydrogens is 200 g/mol. The predicted octanol–water partition coefficient (Wildman–Crippen LogP) is 0.995. The summed E-state index contributed by atoms with van der Waals surface area (Å²) in [6, 6.07) is 5.89. The largest absolute Gasteiger partial charge is 0.313 e. The van der Waals surface area contributed by atoms with Crippen molar-refractivity contribution in [3.8, 4) is 6.07 Å². The van der Waals surface area contributed by atoms with Crippen molar-refractivity contribution >= 4 is 0 Å². The van der Waals surface area contributed by atoms with Gasteiger partial charge in [0, 0.05) is 18.3 Å². The summed E-state index contributed by atoms with van der Waals surface area (Å²) in [6.45, 7) is 2.74. The normalized spacial score (nSPS) is 10.4. The number of nitrogens with one attached hydrogen (secondary N) is 1. The van der Waals surface area contributed by atoms with Gasteiger partial charge in [0.2, 0.25) is 0 Å². The Hall–Kier alpha value is -1.44. The molecule has 0 atom stereocenters. The Morgan fingerprint density at radius 3 is 3.00 bits per heavy atom. The van der Waals surface area contributed by atoms with E-state index in [4.69, 9.17) is 5.26 Å². The molecule has 4 heteroatoms. The lowest BCUT2D eigenvalue weighted by atomic mass is 10.2. The Labute approximate surface area is 96.9 Å². The van der Waals surface area contributed by atoms with E-state index in [0.29, 0.717) is 12.2 Å². The van der Waals surface area contributed by atoms with E-state index in [1.165, 1.54) is 0 Å². The molecule has 0 aromatic carbocycles. The van der Waals surface area contributed by atoms with Crippen LogP contribution in [0.15, 0.2) is 18.3 Å². The molecule has 0 unspecified atom stereocenters. The highest BCUT2D eigenvalue weighted by molar-refractivity contribution is 5.30. The van der Waals surface area contributed by atoms with E-state index in [-0.39, 0.29) is 0 Å². The van der Waals surface area contributed by atoms with Crippen LogP contribution in [0.1, 0.15) is 17.7 Å². The fourth-order valence-corrected chi connectivity index (χ4v) is 1.43. The van der Waals surface area contributed by atoms with Crippen molar-refractivity contribution in [2.75, 3.05) is 27.2 Å². The minimum absolute atomic E-state index is 0.516. The van der Waals surface area contributed by atoms with Gasteiger partial charge in [-0.05, 0) is 39.7 Å². The van der Waals surface area contributed by atoms with E-state index in [1.807, 2.05) is 12.1 Å². The summed E-state index contributed by atoms with van der Waals surface area (Å²) in [4.78, 5) is 6.17. The summed E-state index contributed by atoms with van der Waals surface area (Å²) in [5, 5.41) is 12.2. The van der Waals surface area contributed by atoms with Crippen molar-refractivity contribution in [3.05, 3.63) is 29.6 Å². The van der Waals surface area contributed by atoms with Crippen LogP contribution in [0.4, 0.5) is 0 Å². The van der Waals surface area contributed by atoms with E-state index in [2.05, 4.69) is 35.4 Å². The highest BCUT2D eigenvalue weighted by atomic mass is 15.1. The topological polar surface area (TPSA) is 52.0 Å². The minimum Gasteiger partial charge on any atom is -0.313 e. The summed E-state index contributed by atoms with van der Waals surface area (Å²) in [7, 11) is 4.13. The zero-order valence-corrected chi connectivity index (χ0v) is 9.90. The lowest BCUT2D eigenvalue weighted by molar-refractivity contribution is 0.394. The fraction of sp³-hybridized carbons (Fsp3) is 0.500. The summed E-state index contributed by atoms with van der Waals surface area (Å²) < 4.78 is 0. The van der Waals surface area contributed by atoms with Crippen molar-refractivity contribution in [2.24, 2.45) is 0 Å². The molecule has 0 amide bonds. The van der Waals surface area contributed by atoms with E-state index >= 15 is 0 Å². The van der Waals surface area contributed by atoms with Crippen LogP contribution in [0.25, 0.3) is 0 Å². The second kappa shape index (κ2) is 6.94. The van der Waals surface area contributed by atoms with Gasteiger partial charge < -0.3 is 10.2 Å². The molecular formula is C12H18N4. The van der Waals surface area contributed by atoms with Gasteiger partial charge in [0.15, 0.2) is 0 Å². The van der Waals surface area contributed by atoms with E-state index in [9.17, 15) is 0 Å². The maximum Gasteiger partial charge on any atom is 0.144 e. The van der Waals surface area contributed by atoms with Crippen LogP contribution in [0, 0.1) is 11.3 Å². The molecule has 0 saturated heterocycles. The van der Waals surface area contributed by atoms with Gasteiger partial charge in [0.05, 0.1) is 0 Å². The number of nitriles is 1. The molecule has 0 aliphatic heterocycles. The highest BCUT2D eigenvalue weighted by Gasteiger charge is 2.00. The van der Waals surface area contributed by atoms with Crippen molar-refractivity contribution in [3.63, 3.8) is 0 Å². The highest BCUT2D eigenvalue weighted by Crippen LogP contribution is 2.02. The van der Waals surface area contributed by atoms with E-state index in [1.54, 1.807) is 6.20 Å². The monoisotopic (exact) mass is 218 g/mol. The molecule has 0 radical (unpaired) electrons. The molecule has 86 valence electrons. The zero-order chi connectivity index (χ0) is 11.8. The summed E-state index contributed by atoms with van der Waals surface area (Å²) in [5.41, 5.74) is 1.48. The van der Waals surface area contributed by atoms with Crippen LogP contribution in [0.5, 0.6) is 0 Å². The van der Waals surface area contributed by atoms with E-state index < -0.39 is 0 Å². The fourth-order valence-electron chi connectivity index (χ4n) is 1.43. The van der Waals surface area contributed by atoms with Crippen molar-refractivity contribution in [1.82, 2.24) is 15.2 Å².